The van der Waals surface area contributed by atoms with Crippen LogP contribution in [-0.4, -0.2) is 39.0 Å². The van der Waals surface area contributed by atoms with Crippen molar-refractivity contribution in [2.45, 2.75) is 24.7 Å². The average molecular weight is 284 g/mol. The van der Waals surface area contributed by atoms with Gasteiger partial charge < -0.3 is 10.5 Å². The van der Waals surface area contributed by atoms with Gasteiger partial charge in [0.15, 0.2) is 0 Å². The molecule has 5 nitrogen and oxygen atoms in total. The summed E-state index contributed by atoms with van der Waals surface area (Å²) in [6.45, 7) is 3.95. The summed E-state index contributed by atoms with van der Waals surface area (Å²) in [5, 5.41) is 0. The van der Waals surface area contributed by atoms with Crippen LogP contribution in [0, 0.1) is 0 Å². The van der Waals surface area contributed by atoms with Gasteiger partial charge in [0.2, 0.25) is 10.0 Å². The summed E-state index contributed by atoms with van der Waals surface area (Å²) in [6, 6.07) is 4.98. The second kappa shape index (κ2) is 5.90. The Kier molecular flexibility index (Phi) is 4.44. The van der Waals surface area contributed by atoms with E-state index in [1.807, 2.05) is 6.92 Å². The molecule has 0 radical (unpaired) electrons. The fourth-order valence-corrected chi connectivity index (χ4v) is 3.67. The molecule has 6 heteroatoms. The van der Waals surface area contributed by atoms with E-state index in [2.05, 4.69) is 0 Å². The lowest BCUT2D eigenvalue weighted by atomic mass is 10.1. The summed E-state index contributed by atoms with van der Waals surface area (Å²) in [6.07, 6.45) is 1.52. The van der Waals surface area contributed by atoms with Gasteiger partial charge in [-0.2, -0.15) is 4.31 Å². The zero-order valence-electron chi connectivity index (χ0n) is 11.1. The SMILES string of the molecule is CCc1ccc(S(=O)(=O)N2CCCOCC2)cc1N. The zero-order chi connectivity index (χ0) is 13.9. The van der Waals surface area contributed by atoms with Crippen LogP contribution in [0.4, 0.5) is 5.69 Å². The van der Waals surface area contributed by atoms with Gasteiger partial charge in [0.1, 0.15) is 0 Å². The second-order valence-corrected chi connectivity index (χ2v) is 6.52. The minimum atomic E-state index is -3.46. The van der Waals surface area contributed by atoms with Crippen molar-refractivity contribution in [3.63, 3.8) is 0 Å². The Morgan fingerprint density at radius 2 is 2.11 bits per heavy atom. The lowest BCUT2D eigenvalue weighted by molar-refractivity contribution is 0.148. The van der Waals surface area contributed by atoms with Gasteiger partial charge in [0.05, 0.1) is 11.5 Å². The van der Waals surface area contributed by atoms with Crippen LogP contribution >= 0.6 is 0 Å². The predicted molar refractivity (Wildman–Crippen MR) is 74.4 cm³/mol. The molecule has 0 bridgehead atoms. The molecule has 0 spiro atoms. The Morgan fingerprint density at radius 1 is 1.32 bits per heavy atom. The lowest BCUT2D eigenvalue weighted by Gasteiger charge is -2.19. The van der Waals surface area contributed by atoms with E-state index in [1.54, 1.807) is 18.2 Å². The number of hydrogen-bond acceptors (Lipinski definition) is 4. The summed E-state index contributed by atoms with van der Waals surface area (Å²) >= 11 is 0. The van der Waals surface area contributed by atoms with Crippen molar-refractivity contribution < 1.29 is 13.2 Å². The molecule has 19 heavy (non-hydrogen) atoms. The predicted octanol–water partition coefficient (Wildman–Crippen LogP) is 1.24. The molecule has 1 aromatic rings. The molecule has 0 saturated carbocycles. The number of benzene rings is 1. The van der Waals surface area contributed by atoms with E-state index in [9.17, 15) is 8.42 Å². The minimum absolute atomic E-state index is 0.268. The van der Waals surface area contributed by atoms with Crippen molar-refractivity contribution >= 4 is 15.7 Å². The van der Waals surface area contributed by atoms with Gasteiger partial charge in [-0.3, -0.25) is 0 Å². The van der Waals surface area contributed by atoms with E-state index in [0.29, 0.717) is 32.0 Å². The first kappa shape index (κ1) is 14.3. The minimum Gasteiger partial charge on any atom is -0.398 e. The summed E-state index contributed by atoms with van der Waals surface area (Å²) in [7, 11) is -3.46. The number of nitrogens with two attached hydrogens (primary N) is 1. The highest BCUT2D eigenvalue weighted by molar-refractivity contribution is 7.89. The molecule has 1 aromatic carbocycles. The molecule has 1 heterocycles. The van der Waals surface area contributed by atoms with Crippen LogP contribution < -0.4 is 5.73 Å². The van der Waals surface area contributed by atoms with E-state index in [4.69, 9.17) is 10.5 Å². The van der Waals surface area contributed by atoms with E-state index < -0.39 is 10.0 Å². The lowest BCUT2D eigenvalue weighted by Crippen LogP contribution is -2.33. The average Bonchev–Trinajstić information content (AvgIpc) is 2.67. The molecule has 0 unspecified atom stereocenters. The number of hydrogen-bond donors (Lipinski definition) is 1. The van der Waals surface area contributed by atoms with E-state index in [0.717, 1.165) is 18.4 Å². The quantitative estimate of drug-likeness (QED) is 0.848. The topological polar surface area (TPSA) is 72.6 Å². The maximum atomic E-state index is 12.5. The molecule has 0 atom stereocenters. The summed E-state index contributed by atoms with van der Waals surface area (Å²) in [5.74, 6) is 0. The van der Waals surface area contributed by atoms with E-state index in [1.165, 1.54) is 4.31 Å². The molecule has 2 N–H and O–H groups in total. The van der Waals surface area contributed by atoms with Gasteiger partial charge >= 0.3 is 0 Å². The summed E-state index contributed by atoms with van der Waals surface area (Å²) in [4.78, 5) is 0.268. The second-order valence-electron chi connectivity index (χ2n) is 4.58. The van der Waals surface area contributed by atoms with Crippen LogP contribution in [0.2, 0.25) is 0 Å². The van der Waals surface area contributed by atoms with Gasteiger partial charge in [-0.05, 0) is 30.5 Å². The third-order valence-electron chi connectivity index (χ3n) is 3.32. The van der Waals surface area contributed by atoms with E-state index >= 15 is 0 Å². The largest absolute Gasteiger partial charge is 0.398 e. The van der Waals surface area contributed by atoms with Crippen molar-refractivity contribution in [3.05, 3.63) is 23.8 Å². The molecule has 1 saturated heterocycles. The summed E-state index contributed by atoms with van der Waals surface area (Å²) < 4.78 is 31.8. The van der Waals surface area contributed by atoms with Gasteiger partial charge in [-0.1, -0.05) is 13.0 Å². The zero-order valence-corrected chi connectivity index (χ0v) is 11.9. The maximum absolute atomic E-state index is 12.5. The molecule has 0 aliphatic carbocycles. The number of anilines is 1. The highest BCUT2D eigenvalue weighted by atomic mass is 32.2. The highest BCUT2D eigenvalue weighted by Crippen LogP contribution is 2.22. The molecular weight excluding hydrogens is 264 g/mol. The van der Waals surface area contributed by atoms with Crippen molar-refractivity contribution in [2.24, 2.45) is 0 Å². The Labute approximate surface area is 114 Å². The number of nitrogen functional groups attached to an aromatic ring is 1. The van der Waals surface area contributed by atoms with Crippen LogP contribution in [0.15, 0.2) is 23.1 Å². The van der Waals surface area contributed by atoms with Gasteiger partial charge in [-0.15, -0.1) is 0 Å². The maximum Gasteiger partial charge on any atom is 0.243 e. The van der Waals surface area contributed by atoms with Crippen LogP contribution in [-0.2, 0) is 21.2 Å². The van der Waals surface area contributed by atoms with Gasteiger partial charge in [0.25, 0.3) is 0 Å². The molecule has 0 aromatic heterocycles. The van der Waals surface area contributed by atoms with Crippen molar-refractivity contribution in [3.8, 4) is 0 Å². The molecule has 2 rings (SSSR count). The Morgan fingerprint density at radius 3 is 2.79 bits per heavy atom. The number of rotatable bonds is 3. The Balaban J connectivity index is 2.30. The fourth-order valence-electron chi connectivity index (χ4n) is 2.17. The van der Waals surface area contributed by atoms with Crippen LogP contribution in [0.25, 0.3) is 0 Å². The van der Waals surface area contributed by atoms with Crippen molar-refractivity contribution in [1.29, 1.82) is 0 Å². The first-order valence-corrected chi connectivity index (χ1v) is 7.96. The van der Waals surface area contributed by atoms with Gasteiger partial charge in [-0.25, -0.2) is 8.42 Å². The van der Waals surface area contributed by atoms with E-state index in [-0.39, 0.29) is 4.90 Å². The molecule has 106 valence electrons. The Hall–Kier alpha value is -1.11. The number of sulfonamides is 1. The molecular formula is C13H20N2O3S. The molecule has 1 fully saturated rings. The fraction of sp³-hybridized carbons (Fsp3) is 0.538. The van der Waals surface area contributed by atoms with Crippen molar-refractivity contribution in [2.75, 3.05) is 32.0 Å². The third-order valence-corrected chi connectivity index (χ3v) is 5.21. The van der Waals surface area contributed by atoms with Crippen LogP contribution in [0.1, 0.15) is 18.9 Å². The normalized spacial score (nSPS) is 18.2. The van der Waals surface area contributed by atoms with Gasteiger partial charge in [0, 0.05) is 25.4 Å². The molecule has 1 aliphatic heterocycles. The number of nitrogens with zero attached hydrogens (tertiary/aromatic N) is 1. The summed E-state index contributed by atoms with van der Waals surface area (Å²) in [5.41, 5.74) is 7.39. The standard InChI is InChI=1S/C13H20N2O3S/c1-2-11-4-5-12(10-13(11)14)19(16,17)15-6-3-8-18-9-7-15/h4-5,10H,2-3,6-9,14H2,1H3. The first-order valence-electron chi connectivity index (χ1n) is 6.52. The monoisotopic (exact) mass is 284 g/mol. The smallest absolute Gasteiger partial charge is 0.243 e. The number of ether oxygens (including phenoxy) is 1. The number of aryl methyl sites for hydroxylation is 1. The highest BCUT2D eigenvalue weighted by Gasteiger charge is 2.25. The molecule has 0 amide bonds. The van der Waals surface area contributed by atoms with Crippen molar-refractivity contribution in [1.82, 2.24) is 4.31 Å². The van der Waals surface area contributed by atoms with Crippen LogP contribution in [0.5, 0.6) is 0 Å². The first-order chi connectivity index (χ1) is 9.05. The van der Waals surface area contributed by atoms with Crippen LogP contribution in [0.3, 0.4) is 0 Å². The third kappa shape index (κ3) is 3.08. The Bertz CT molecular complexity index is 535. The molecule has 1 aliphatic rings.